The first kappa shape index (κ1) is 20.9. The third-order valence-electron chi connectivity index (χ3n) is 4.21. The van der Waals surface area contributed by atoms with Gasteiger partial charge in [0.1, 0.15) is 6.54 Å². The Bertz CT molecular complexity index is 697. The second-order valence-corrected chi connectivity index (χ2v) is 7.81. The normalized spacial score (nSPS) is 15.5. The molecule has 0 unspecified atom stereocenters. The van der Waals surface area contributed by atoms with Crippen LogP contribution in [0, 0.1) is 6.92 Å². The lowest BCUT2D eigenvalue weighted by Crippen LogP contribution is -2.48. The summed E-state index contributed by atoms with van der Waals surface area (Å²) in [4.78, 5) is 48.9. The summed E-state index contributed by atoms with van der Waals surface area (Å²) in [7, 11) is 0. The van der Waals surface area contributed by atoms with E-state index in [1.165, 1.54) is 18.3 Å². The minimum atomic E-state index is -1.14. The van der Waals surface area contributed by atoms with Crippen LogP contribution in [0.5, 0.6) is 0 Å². The fraction of sp³-hybridized carbons (Fsp3) is 0.556. The summed E-state index contributed by atoms with van der Waals surface area (Å²) in [5.74, 6) is -1.85. The number of amides is 4. The van der Waals surface area contributed by atoms with Crippen LogP contribution in [0.4, 0.5) is 4.79 Å². The Morgan fingerprint density at radius 1 is 1.19 bits per heavy atom. The van der Waals surface area contributed by atoms with E-state index in [1.54, 1.807) is 6.07 Å². The number of hydrogen-bond donors (Lipinski definition) is 3. The van der Waals surface area contributed by atoms with Crippen molar-refractivity contribution in [1.29, 1.82) is 0 Å². The Hall–Kier alpha value is -2.42. The maximum absolute atomic E-state index is 12.0. The highest BCUT2D eigenvalue weighted by Crippen LogP contribution is 2.17. The second-order valence-electron chi connectivity index (χ2n) is 6.52. The average molecular weight is 395 g/mol. The predicted molar refractivity (Wildman–Crippen MR) is 100 cm³/mol. The number of thiophene rings is 1. The molecule has 0 aliphatic heterocycles. The average Bonchev–Trinajstić information content (AvgIpc) is 3.06. The van der Waals surface area contributed by atoms with Gasteiger partial charge < -0.3 is 15.4 Å². The van der Waals surface area contributed by atoms with Crippen LogP contribution >= 0.6 is 11.3 Å². The summed E-state index contributed by atoms with van der Waals surface area (Å²) in [6, 6.07) is 2.96. The highest BCUT2D eigenvalue weighted by Gasteiger charge is 2.22. The zero-order valence-electron chi connectivity index (χ0n) is 15.5. The van der Waals surface area contributed by atoms with Crippen LogP contribution in [0.25, 0.3) is 0 Å². The van der Waals surface area contributed by atoms with E-state index >= 15 is 0 Å². The van der Waals surface area contributed by atoms with Gasteiger partial charge in [-0.25, -0.2) is 4.79 Å². The maximum Gasteiger partial charge on any atom is 0.326 e. The van der Waals surface area contributed by atoms with Gasteiger partial charge >= 0.3 is 12.0 Å². The van der Waals surface area contributed by atoms with Gasteiger partial charge in [0.05, 0.1) is 4.88 Å². The van der Waals surface area contributed by atoms with E-state index in [2.05, 4.69) is 16.0 Å². The van der Waals surface area contributed by atoms with Gasteiger partial charge in [0.2, 0.25) is 0 Å². The summed E-state index contributed by atoms with van der Waals surface area (Å²) in [6.07, 6.45) is 3.93. The molecule has 8 nitrogen and oxygen atoms in total. The number of ether oxygens (including phenoxy) is 1. The van der Waals surface area contributed by atoms with Crippen molar-refractivity contribution in [3.63, 3.8) is 0 Å². The Kier molecular flexibility index (Phi) is 7.78. The highest BCUT2D eigenvalue weighted by atomic mass is 32.1. The number of hydrogen-bond acceptors (Lipinski definition) is 6. The lowest BCUT2D eigenvalue weighted by molar-refractivity contribution is -0.153. The standard InChI is InChI=1S/C18H25N3O5S/c1-11-8-9-14(27-11)17(24)19-10-15(22)26-12(2)16(23)21-18(25)20-13-6-4-3-5-7-13/h8-9,12-13H,3-7,10H2,1-2H3,(H,19,24)(H2,20,21,23,25)/t12-/m1/s1. The molecule has 27 heavy (non-hydrogen) atoms. The fourth-order valence-electron chi connectivity index (χ4n) is 2.77. The molecular weight excluding hydrogens is 370 g/mol. The molecule has 1 aromatic rings. The summed E-state index contributed by atoms with van der Waals surface area (Å²) < 4.78 is 4.95. The van der Waals surface area contributed by atoms with Crippen molar-refractivity contribution >= 4 is 35.2 Å². The molecule has 0 radical (unpaired) electrons. The molecular formula is C18H25N3O5S. The molecule has 1 saturated carbocycles. The molecule has 148 valence electrons. The number of aryl methyl sites for hydroxylation is 1. The molecule has 1 aliphatic carbocycles. The van der Waals surface area contributed by atoms with E-state index in [0.29, 0.717) is 4.88 Å². The molecule has 9 heteroatoms. The van der Waals surface area contributed by atoms with E-state index in [0.717, 1.165) is 37.0 Å². The Morgan fingerprint density at radius 2 is 1.89 bits per heavy atom. The highest BCUT2D eigenvalue weighted by molar-refractivity contribution is 7.13. The maximum atomic E-state index is 12.0. The van der Waals surface area contributed by atoms with Gasteiger partial charge in [-0.1, -0.05) is 19.3 Å². The molecule has 1 aromatic heterocycles. The lowest BCUT2D eigenvalue weighted by atomic mass is 9.96. The van der Waals surface area contributed by atoms with Crippen molar-refractivity contribution in [2.45, 2.75) is 58.1 Å². The van der Waals surface area contributed by atoms with Gasteiger partial charge in [-0.3, -0.25) is 19.7 Å². The summed E-state index contributed by atoms with van der Waals surface area (Å²) >= 11 is 1.31. The van der Waals surface area contributed by atoms with Crippen LogP contribution in [-0.4, -0.2) is 42.5 Å². The third kappa shape index (κ3) is 7.01. The van der Waals surface area contributed by atoms with Crippen LogP contribution in [0.15, 0.2) is 12.1 Å². The summed E-state index contributed by atoms with van der Waals surface area (Å²) in [5, 5.41) is 7.36. The number of carbonyl (C=O) groups excluding carboxylic acids is 4. The Balaban J connectivity index is 1.68. The van der Waals surface area contributed by atoms with E-state index in [1.807, 2.05) is 13.0 Å². The van der Waals surface area contributed by atoms with Crippen LogP contribution in [0.3, 0.4) is 0 Å². The van der Waals surface area contributed by atoms with Gasteiger partial charge in [0, 0.05) is 10.9 Å². The quantitative estimate of drug-likeness (QED) is 0.637. The van der Waals surface area contributed by atoms with Gasteiger partial charge in [0.25, 0.3) is 11.8 Å². The number of rotatable bonds is 6. The number of esters is 1. The first-order valence-electron chi connectivity index (χ1n) is 9.00. The van der Waals surface area contributed by atoms with Crippen LogP contribution in [0.2, 0.25) is 0 Å². The fourth-order valence-corrected chi connectivity index (χ4v) is 3.55. The molecule has 0 spiro atoms. The van der Waals surface area contributed by atoms with Crippen LogP contribution < -0.4 is 16.0 Å². The van der Waals surface area contributed by atoms with Crippen molar-refractivity contribution in [1.82, 2.24) is 16.0 Å². The minimum Gasteiger partial charge on any atom is -0.451 e. The van der Waals surface area contributed by atoms with Crippen LogP contribution in [0.1, 0.15) is 53.6 Å². The first-order valence-corrected chi connectivity index (χ1v) is 9.82. The van der Waals surface area contributed by atoms with Crippen molar-refractivity contribution in [2.75, 3.05) is 6.54 Å². The van der Waals surface area contributed by atoms with Crippen LogP contribution in [-0.2, 0) is 14.3 Å². The third-order valence-corrected chi connectivity index (χ3v) is 5.21. The Morgan fingerprint density at radius 3 is 2.52 bits per heavy atom. The molecule has 0 saturated heterocycles. The summed E-state index contributed by atoms with van der Waals surface area (Å²) in [5.41, 5.74) is 0. The van der Waals surface area contributed by atoms with E-state index < -0.39 is 24.0 Å². The van der Waals surface area contributed by atoms with Crippen molar-refractivity contribution < 1.29 is 23.9 Å². The Labute approximate surface area is 162 Å². The number of urea groups is 1. The molecule has 3 N–H and O–H groups in total. The number of carbonyl (C=O) groups is 4. The molecule has 1 fully saturated rings. The molecule has 0 aromatic carbocycles. The molecule has 1 heterocycles. The summed E-state index contributed by atoms with van der Waals surface area (Å²) in [6.45, 7) is 2.88. The van der Waals surface area contributed by atoms with Crippen molar-refractivity contribution in [2.24, 2.45) is 0 Å². The molecule has 1 aliphatic rings. The van der Waals surface area contributed by atoms with Crippen molar-refractivity contribution in [3.05, 3.63) is 21.9 Å². The predicted octanol–water partition coefficient (Wildman–Crippen LogP) is 1.88. The zero-order chi connectivity index (χ0) is 19.8. The molecule has 0 bridgehead atoms. The topological polar surface area (TPSA) is 114 Å². The zero-order valence-corrected chi connectivity index (χ0v) is 16.3. The number of imide groups is 1. The second kappa shape index (κ2) is 10.1. The molecule has 2 rings (SSSR count). The van der Waals surface area contributed by atoms with E-state index in [4.69, 9.17) is 4.74 Å². The lowest BCUT2D eigenvalue weighted by Gasteiger charge is -2.23. The molecule has 4 amide bonds. The van der Waals surface area contributed by atoms with Gasteiger partial charge in [-0.05, 0) is 38.8 Å². The SMILES string of the molecule is Cc1ccc(C(=O)NCC(=O)O[C@H](C)C(=O)NC(=O)NC2CCCCC2)s1. The minimum absolute atomic E-state index is 0.0699. The van der Waals surface area contributed by atoms with E-state index in [-0.39, 0.29) is 18.5 Å². The van der Waals surface area contributed by atoms with Crippen molar-refractivity contribution in [3.8, 4) is 0 Å². The van der Waals surface area contributed by atoms with Gasteiger partial charge in [0.15, 0.2) is 6.10 Å². The van der Waals surface area contributed by atoms with E-state index in [9.17, 15) is 19.2 Å². The van der Waals surface area contributed by atoms with Gasteiger partial charge in [-0.15, -0.1) is 11.3 Å². The number of nitrogens with one attached hydrogen (secondary N) is 3. The smallest absolute Gasteiger partial charge is 0.326 e. The monoisotopic (exact) mass is 395 g/mol. The largest absolute Gasteiger partial charge is 0.451 e. The molecule has 1 atom stereocenters. The van der Waals surface area contributed by atoms with Gasteiger partial charge in [-0.2, -0.15) is 0 Å². The first-order chi connectivity index (χ1) is 12.8.